The zero-order chi connectivity index (χ0) is 14.3. The molecule has 0 aromatic heterocycles. The van der Waals surface area contributed by atoms with Crippen molar-refractivity contribution in [3.63, 3.8) is 0 Å². The van der Waals surface area contributed by atoms with Crippen LogP contribution in [0.3, 0.4) is 0 Å². The molecule has 7 heteroatoms. The first-order valence-corrected chi connectivity index (χ1v) is 7.80. The molecule has 0 saturated heterocycles. The van der Waals surface area contributed by atoms with Crippen molar-refractivity contribution in [3.8, 4) is 0 Å². The van der Waals surface area contributed by atoms with Crippen LogP contribution in [0, 0.1) is 5.82 Å². The van der Waals surface area contributed by atoms with Gasteiger partial charge in [0.05, 0.1) is 0 Å². The van der Waals surface area contributed by atoms with E-state index < -0.39 is 26.3 Å². The molecule has 0 aliphatic heterocycles. The second-order valence-electron chi connectivity index (χ2n) is 5.07. The molecule has 0 radical (unpaired) electrons. The molecule has 4 nitrogen and oxygen atoms in total. The maximum atomic E-state index is 14.2. The molecule has 1 saturated carbocycles. The standard InChI is InChI=1S/C12H16ClFN2O2S/c1-12(3-4-12)16-19(17,18)10-6-9(13)5-8(7-15-2)11(10)14/h5-6,15-16H,3-4,7H2,1-2H3. The van der Waals surface area contributed by atoms with E-state index in [1.54, 1.807) is 14.0 Å². The van der Waals surface area contributed by atoms with Crippen molar-refractivity contribution < 1.29 is 12.8 Å². The quantitative estimate of drug-likeness (QED) is 0.875. The van der Waals surface area contributed by atoms with Gasteiger partial charge in [0, 0.05) is 22.7 Å². The third-order valence-electron chi connectivity index (χ3n) is 3.12. The van der Waals surface area contributed by atoms with Crippen LogP contribution in [0.15, 0.2) is 17.0 Å². The summed E-state index contributed by atoms with van der Waals surface area (Å²) in [7, 11) is -2.24. The number of sulfonamides is 1. The number of nitrogens with one attached hydrogen (secondary N) is 2. The van der Waals surface area contributed by atoms with Crippen LogP contribution in [0.4, 0.5) is 4.39 Å². The summed E-state index contributed by atoms with van der Waals surface area (Å²) in [6, 6.07) is 2.56. The number of hydrogen-bond acceptors (Lipinski definition) is 3. The van der Waals surface area contributed by atoms with Gasteiger partial charge in [-0.05, 0) is 38.9 Å². The molecule has 1 aliphatic carbocycles. The Hall–Kier alpha value is -0.690. The molecular weight excluding hydrogens is 291 g/mol. The van der Waals surface area contributed by atoms with E-state index in [0.29, 0.717) is 0 Å². The van der Waals surface area contributed by atoms with Crippen molar-refractivity contribution in [2.45, 2.75) is 36.7 Å². The smallest absolute Gasteiger partial charge is 0.244 e. The summed E-state index contributed by atoms with van der Waals surface area (Å²) in [5.74, 6) is -0.754. The van der Waals surface area contributed by atoms with E-state index in [-0.39, 0.29) is 17.1 Å². The summed E-state index contributed by atoms with van der Waals surface area (Å²) in [6.45, 7) is 2.01. The fourth-order valence-electron chi connectivity index (χ4n) is 1.80. The summed E-state index contributed by atoms with van der Waals surface area (Å²) in [5.41, 5.74) is -0.215. The van der Waals surface area contributed by atoms with Crippen LogP contribution >= 0.6 is 11.6 Å². The average molecular weight is 307 g/mol. The maximum Gasteiger partial charge on any atom is 0.244 e. The Morgan fingerprint density at radius 2 is 2.05 bits per heavy atom. The van der Waals surface area contributed by atoms with E-state index in [2.05, 4.69) is 10.0 Å². The number of halogens is 2. The number of hydrogen-bond donors (Lipinski definition) is 2. The molecule has 0 spiro atoms. The average Bonchev–Trinajstić information content (AvgIpc) is 3.00. The van der Waals surface area contributed by atoms with Gasteiger partial charge < -0.3 is 5.32 Å². The van der Waals surface area contributed by atoms with Crippen LogP contribution in [0.2, 0.25) is 5.02 Å². The third kappa shape index (κ3) is 3.25. The summed E-state index contributed by atoms with van der Waals surface area (Å²) in [4.78, 5) is -0.390. The first-order valence-electron chi connectivity index (χ1n) is 5.94. The topological polar surface area (TPSA) is 58.2 Å². The van der Waals surface area contributed by atoms with Crippen molar-refractivity contribution in [1.29, 1.82) is 0 Å². The Morgan fingerprint density at radius 3 is 2.58 bits per heavy atom. The Morgan fingerprint density at radius 1 is 1.42 bits per heavy atom. The van der Waals surface area contributed by atoms with Crippen molar-refractivity contribution >= 4 is 21.6 Å². The summed E-state index contributed by atoms with van der Waals surface area (Å²) >= 11 is 5.86. The zero-order valence-corrected chi connectivity index (χ0v) is 12.3. The van der Waals surface area contributed by atoms with Gasteiger partial charge >= 0.3 is 0 Å². The van der Waals surface area contributed by atoms with Crippen molar-refractivity contribution in [2.75, 3.05) is 7.05 Å². The van der Waals surface area contributed by atoms with Gasteiger partial charge in [0.15, 0.2) is 0 Å². The number of benzene rings is 1. The first-order chi connectivity index (χ1) is 8.77. The molecule has 2 N–H and O–H groups in total. The fraction of sp³-hybridized carbons (Fsp3) is 0.500. The fourth-order valence-corrected chi connectivity index (χ4v) is 3.72. The molecular formula is C12H16ClFN2O2S. The molecule has 0 heterocycles. The minimum Gasteiger partial charge on any atom is -0.316 e. The van der Waals surface area contributed by atoms with Gasteiger partial charge in [-0.25, -0.2) is 17.5 Å². The first kappa shape index (κ1) is 14.7. The lowest BCUT2D eigenvalue weighted by atomic mass is 10.2. The van der Waals surface area contributed by atoms with E-state index in [0.717, 1.165) is 18.9 Å². The molecule has 0 atom stereocenters. The molecule has 1 fully saturated rings. The van der Waals surface area contributed by atoms with Gasteiger partial charge in [-0.1, -0.05) is 11.6 Å². The van der Waals surface area contributed by atoms with Crippen LogP contribution in [0.1, 0.15) is 25.3 Å². The maximum absolute atomic E-state index is 14.2. The number of rotatable bonds is 5. The molecule has 0 unspecified atom stereocenters. The predicted octanol–water partition coefficient (Wildman–Crippen LogP) is 2.03. The monoisotopic (exact) mass is 306 g/mol. The van der Waals surface area contributed by atoms with Gasteiger partial charge in [0.2, 0.25) is 10.0 Å². The Balaban J connectivity index is 2.43. The molecule has 0 amide bonds. The van der Waals surface area contributed by atoms with E-state index in [9.17, 15) is 12.8 Å². The SMILES string of the molecule is CNCc1cc(Cl)cc(S(=O)(=O)NC2(C)CC2)c1F. The predicted molar refractivity (Wildman–Crippen MR) is 72.1 cm³/mol. The zero-order valence-electron chi connectivity index (χ0n) is 10.8. The van der Waals surface area contributed by atoms with Gasteiger partial charge in [-0.2, -0.15) is 0 Å². The molecule has 2 rings (SSSR count). The van der Waals surface area contributed by atoms with Gasteiger partial charge in [0.25, 0.3) is 0 Å². The van der Waals surface area contributed by atoms with Gasteiger partial charge in [-0.3, -0.25) is 0 Å². The van der Waals surface area contributed by atoms with Crippen LogP contribution in [-0.2, 0) is 16.6 Å². The summed E-state index contributed by atoms with van der Waals surface area (Å²) in [5, 5.41) is 2.98. The van der Waals surface area contributed by atoms with Crippen LogP contribution in [0.25, 0.3) is 0 Å². The molecule has 106 valence electrons. The van der Waals surface area contributed by atoms with Gasteiger partial charge in [-0.15, -0.1) is 0 Å². The Labute approximate surface area is 117 Å². The second-order valence-corrected chi connectivity index (χ2v) is 7.16. The largest absolute Gasteiger partial charge is 0.316 e. The van der Waals surface area contributed by atoms with Gasteiger partial charge in [0.1, 0.15) is 10.7 Å². The molecule has 1 aromatic carbocycles. The molecule has 1 aromatic rings. The normalized spacial score (nSPS) is 17.5. The highest BCUT2D eigenvalue weighted by Gasteiger charge is 2.42. The highest BCUT2D eigenvalue weighted by molar-refractivity contribution is 7.89. The van der Waals surface area contributed by atoms with Crippen molar-refractivity contribution in [3.05, 3.63) is 28.5 Å². The third-order valence-corrected chi connectivity index (χ3v) is 4.97. The van der Waals surface area contributed by atoms with Crippen LogP contribution in [0.5, 0.6) is 0 Å². The molecule has 19 heavy (non-hydrogen) atoms. The van der Waals surface area contributed by atoms with Crippen molar-refractivity contribution in [1.82, 2.24) is 10.0 Å². The minimum absolute atomic E-state index is 0.202. The van der Waals surface area contributed by atoms with E-state index >= 15 is 0 Å². The van der Waals surface area contributed by atoms with Crippen LogP contribution in [-0.4, -0.2) is 21.0 Å². The lowest BCUT2D eigenvalue weighted by Gasteiger charge is -2.14. The van der Waals surface area contributed by atoms with E-state index in [4.69, 9.17) is 11.6 Å². The highest BCUT2D eigenvalue weighted by atomic mass is 35.5. The Bertz CT molecular complexity index is 600. The lowest BCUT2D eigenvalue weighted by Crippen LogP contribution is -2.35. The molecule has 1 aliphatic rings. The minimum atomic E-state index is -3.89. The summed E-state index contributed by atoms with van der Waals surface area (Å²) in [6.07, 6.45) is 1.52. The van der Waals surface area contributed by atoms with E-state index in [1.807, 2.05) is 0 Å². The lowest BCUT2D eigenvalue weighted by molar-refractivity contribution is 0.533. The second kappa shape index (κ2) is 5.01. The Kier molecular flexibility index (Phi) is 3.88. The van der Waals surface area contributed by atoms with E-state index in [1.165, 1.54) is 6.07 Å². The molecule has 0 bridgehead atoms. The van der Waals surface area contributed by atoms with Crippen LogP contribution < -0.4 is 10.0 Å². The summed E-state index contributed by atoms with van der Waals surface area (Å²) < 4.78 is 41.1. The highest BCUT2D eigenvalue weighted by Crippen LogP contribution is 2.36. The van der Waals surface area contributed by atoms with Crippen molar-refractivity contribution in [2.24, 2.45) is 0 Å².